The third kappa shape index (κ3) is 3.63. The minimum absolute atomic E-state index is 0.0819. The molecule has 0 radical (unpaired) electrons. The summed E-state index contributed by atoms with van der Waals surface area (Å²) in [7, 11) is 0. The Kier molecular flexibility index (Phi) is 4.79. The van der Waals surface area contributed by atoms with E-state index in [0.717, 1.165) is 30.0 Å². The monoisotopic (exact) mass is 314 g/mol. The molecule has 5 nitrogen and oxygen atoms in total. The molecule has 1 fully saturated rings. The first kappa shape index (κ1) is 15.8. The number of carbonyl (C=O) groups excluding carboxylic acids is 1. The van der Waals surface area contributed by atoms with E-state index in [1.165, 1.54) is 0 Å². The van der Waals surface area contributed by atoms with Crippen molar-refractivity contribution in [2.45, 2.75) is 39.0 Å². The van der Waals surface area contributed by atoms with Crippen molar-refractivity contribution in [3.8, 4) is 0 Å². The first-order valence-electron chi connectivity index (χ1n) is 7.99. The van der Waals surface area contributed by atoms with E-state index >= 15 is 0 Å². The van der Waals surface area contributed by atoms with Crippen LogP contribution in [0.1, 0.15) is 42.9 Å². The molecule has 1 aliphatic rings. The highest BCUT2D eigenvalue weighted by Crippen LogP contribution is 2.25. The van der Waals surface area contributed by atoms with Crippen LogP contribution in [0.25, 0.3) is 0 Å². The summed E-state index contributed by atoms with van der Waals surface area (Å²) in [4.78, 5) is 13.7. The molecule has 2 heterocycles. The summed E-state index contributed by atoms with van der Waals surface area (Å²) in [6, 6.07) is 11.9. The Morgan fingerprint density at radius 2 is 2.13 bits per heavy atom. The summed E-state index contributed by atoms with van der Waals surface area (Å²) < 4.78 is 5.47. The summed E-state index contributed by atoms with van der Waals surface area (Å²) in [5.41, 5.74) is 2.11. The summed E-state index contributed by atoms with van der Waals surface area (Å²) in [6.07, 6.45) is 1.58. The van der Waals surface area contributed by atoms with Crippen molar-refractivity contribution in [3.63, 3.8) is 0 Å². The van der Waals surface area contributed by atoms with E-state index in [1.807, 2.05) is 23.1 Å². The molecule has 1 atom stereocenters. The van der Waals surface area contributed by atoms with Gasteiger partial charge in [-0.2, -0.15) is 0 Å². The van der Waals surface area contributed by atoms with Crippen LogP contribution in [0.15, 0.2) is 40.8 Å². The molecule has 23 heavy (non-hydrogen) atoms. The Labute approximate surface area is 135 Å². The quantitative estimate of drug-likeness (QED) is 0.860. The maximum atomic E-state index is 11.9. The van der Waals surface area contributed by atoms with Gasteiger partial charge in [-0.1, -0.05) is 12.1 Å². The van der Waals surface area contributed by atoms with Gasteiger partial charge in [0, 0.05) is 24.7 Å². The summed E-state index contributed by atoms with van der Waals surface area (Å²) in [5.74, 6) is 1.57. The van der Waals surface area contributed by atoms with Crippen LogP contribution in [0.3, 0.4) is 0 Å². The maximum Gasteiger partial charge on any atom is 0.227 e. The highest BCUT2D eigenvalue weighted by Gasteiger charge is 2.22. The van der Waals surface area contributed by atoms with Crippen LogP contribution in [0, 0.1) is 0 Å². The van der Waals surface area contributed by atoms with Crippen LogP contribution in [-0.4, -0.2) is 17.6 Å². The lowest BCUT2D eigenvalue weighted by molar-refractivity contribution is -0.117. The van der Waals surface area contributed by atoms with Gasteiger partial charge in [0.2, 0.25) is 5.91 Å². The number of hydrogen-bond donors (Lipinski definition) is 2. The van der Waals surface area contributed by atoms with Gasteiger partial charge in [0.25, 0.3) is 0 Å². The van der Waals surface area contributed by atoms with E-state index in [1.54, 1.807) is 6.07 Å². The number of aliphatic hydroxyl groups is 1. The molecule has 0 aliphatic carbocycles. The first-order chi connectivity index (χ1) is 11.2. The van der Waals surface area contributed by atoms with Gasteiger partial charge < -0.3 is 19.7 Å². The summed E-state index contributed by atoms with van der Waals surface area (Å²) in [6.45, 7) is 3.40. The van der Waals surface area contributed by atoms with Gasteiger partial charge in [0.05, 0.1) is 6.54 Å². The average molecular weight is 314 g/mol. The number of amides is 1. The molecule has 1 aromatic carbocycles. The molecule has 0 saturated carbocycles. The lowest BCUT2D eigenvalue weighted by atomic mass is 10.1. The zero-order valence-corrected chi connectivity index (χ0v) is 13.3. The second-order valence-electron chi connectivity index (χ2n) is 5.87. The normalized spacial score (nSPS) is 16.1. The Balaban J connectivity index is 1.65. The average Bonchev–Trinajstić information content (AvgIpc) is 3.21. The smallest absolute Gasteiger partial charge is 0.227 e. The van der Waals surface area contributed by atoms with E-state index in [9.17, 15) is 4.79 Å². The molecule has 1 amide bonds. The highest BCUT2D eigenvalue weighted by molar-refractivity contribution is 5.95. The van der Waals surface area contributed by atoms with Crippen molar-refractivity contribution in [1.82, 2.24) is 5.32 Å². The van der Waals surface area contributed by atoms with Crippen molar-refractivity contribution < 1.29 is 14.3 Å². The number of aliphatic hydroxyl groups excluding tert-OH is 1. The van der Waals surface area contributed by atoms with Crippen LogP contribution >= 0.6 is 0 Å². The number of hydrogen-bond acceptors (Lipinski definition) is 4. The highest BCUT2D eigenvalue weighted by atomic mass is 16.4. The van der Waals surface area contributed by atoms with Crippen LogP contribution in [0.5, 0.6) is 0 Å². The fraction of sp³-hybridized carbons (Fsp3) is 0.389. The van der Waals surface area contributed by atoms with Crippen molar-refractivity contribution >= 4 is 11.6 Å². The van der Waals surface area contributed by atoms with Crippen molar-refractivity contribution in [2.75, 3.05) is 11.4 Å². The minimum Gasteiger partial charge on any atom is -0.462 e. The Morgan fingerprint density at radius 1 is 1.30 bits per heavy atom. The number of benzene rings is 1. The minimum atomic E-state index is -0.0819. The topological polar surface area (TPSA) is 65.7 Å². The van der Waals surface area contributed by atoms with Crippen LogP contribution in [-0.2, 0) is 17.9 Å². The molecule has 1 saturated heterocycles. The molecular weight excluding hydrogens is 292 g/mol. The van der Waals surface area contributed by atoms with Gasteiger partial charge in [-0.15, -0.1) is 0 Å². The molecule has 2 N–H and O–H groups in total. The number of rotatable bonds is 6. The van der Waals surface area contributed by atoms with Gasteiger partial charge in [-0.05, 0) is 43.2 Å². The fourth-order valence-corrected chi connectivity index (χ4v) is 2.86. The van der Waals surface area contributed by atoms with Crippen molar-refractivity contribution in [2.24, 2.45) is 0 Å². The number of anilines is 1. The molecule has 0 unspecified atom stereocenters. The predicted molar refractivity (Wildman–Crippen MR) is 87.9 cm³/mol. The zero-order valence-electron chi connectivity index (χ0n) is 13.3. The lowest BCUT2D eigenvalue weighted by Gasteiger charge is -2.19. The number of nitrogens with zero attached hydrogens (tertiary/aromatic N) is 1. The van der Waals surface area contributed by atoms with E-state index in [2.05, 4.69) is 24.4 Å². The molecule has 2 aromatic rings. The number of furan rings is 1. The van der Waals surface area contributed by atoms with Gasteiger partial charge in [-0.3, -0.25) is 4.79 Å². The Hall–Kier alpha value is -2.11. The second-order valence-corrected chi connectivity index (χ2v) is 5.87. The Bertz CT molecular complexity index is 680. The zero-order chi connectivity index (χ0) is 16.2. The van der Waals surface area contributed by atoms with E-state index < -0.39 is 0 Å². The Morgan fingerprint density at radius 3 is 2.83 bits per heavy atom. The van der Waals surface area contributed by atoms with Gasteiger partial charge in [-0.25, -0.2) is 0 Å². The van der Waals surface area contributed by atoms with Gasteiger partial charge >= 0.3 is 0 Å². The summed E-state index contributed by atoms with van der Waals surface area (Å²) in [5, 5.41) is 12.4. The van der Waals surface area contributed by atoms with E-state index in [-0.39, 0.29) is 18.6 Å². The molecule has 1 aromatic heterocycles. The molecule has 0 spiro atoms. The first-order valence-corrected chi connectivity index (χ1v) is 7.99. The predicted octanol–water partition coefficient (Wildman–Crippen LogP) is 2.75. The van der Waals surface area contributed by atoms with Crippen LogP contribution in [0.4, 0.5) is 5.69 Å². The standard InChI is InChI=1S/C18H22N2O3/c1-13(19-11-16-7-8-17(12-21)23-16)14-4-2-5-15(10-14)20-9-3-6-18(20)22/h2,4-5,7-8,10,13,19,21H,3,6,9,11-12H2,1H3/t13-/m1/s1. The van der Waals surface area contributed by atoms with Gasteiger partial charge in [0.1, 0.15) is 18.1 Å². The van der Waals surface area contributed by atoms with Crippen LogP contribution in [0.2, 0.25) is 0 Å². The third-order valence-corrected chi connectivity index (χ3v) is 4.21. The number of nitrogens with one attached hydrogen (secondary N) is 1. The van der Waals surface area contributed by atoms with Crippen molar-refractivity contribution in [3.05, 3.63) is 53.5 Å². The molecule has 1 aliphatic heterocycles. The lowest BCUT2D eigenvalue weighted by Crippen LogP contribution is -2.24. The van der Waals surface area contributed by atoms with Crippen molar-refractivity contribution in [1.29, 1.82) is 0 Å². The third-order valence-electron chi connectivity index (χ3n) is 4.21. The van der Waals surface area contributed by atoms with E-state index in [4.69, 9.17) is 9.52 Å². The largest absolute Gasteiger partial charge is 0.462 e. The fourth-order valence-electron chi connectivity index (χ4n) is 2.86. The van der Waals surface area contributed by atoms with E-state index in [0.29, 0.717) is 18.7 Å². The number of carbonyl (C=O) groups is 1. The SMILES string of the molecule is C[C@@H](NCc1ccc(CO)o1)c1cccc(N2CCCC2=O)c1. The molecule has 122 valence electrons. The molecular formula is C18H22N2O3. The maximum absolute atomic E-state index is 11.9. The molecule has 0 bridgehead atoms. The molecule has 3 rings (SSSR count). The summed E-state index contributed by atoms with van der Waals surface area (Å²) >= 11 is 0. The van der Waals surface area contributed by atoms with Crippen LogP contribution < -0.4 is 10.2 Å². The second kappa shape index (κ2) is 6.98. The van der Waals surface area contributed by atoms with Gasteiger partial charge in [0.15, 0.2) is 0 Å². The molecule has 5 heteroatoms.